The lowest BCUT2D eigenvalue weighted by Gasteiger charge is -2.02. The summed E-state index contributed by atoms with van der Waals surface area (Å²) in [5, 5.41) is 6.39. The van der Waals surface area contributed by atoms with Crippen molar-refractivity contribution in [3.8, 4) is 11.1 Å². The van der Waals surface area contributed by atoms with Crippen LogP contribution in [0.15, 0.2) is 24.3 Å². The van der Waals surface area contributed by atoms with Crippen molar-refractivity contribution in [1.82, 2.24) is 10.2 Å². The number of nitrogens with one attached hydrogen (secondary N) is 1. The van der Waals surface area contributed by atoms with Crippen molar-refractivity contribution in [3.63, 3.8) is 0 Å². The molecule has 0 unspecified atom stereocenters. The van der Waals surface area contributed by atoms with E-state index in [1.165, 1.54) is 12.1 Å². The van der Waals surface area contributed by atoms with E-state index in [-0.39, 0.29) is 5.15 Å². The Morgan fingerprint density at radius 2 is 1.94 bits per heavy atom. The molecule has 1 aromatic heterocycles. The summed E-state index contributed by atoms with van der Waals surface area (Å²) in [4.78, 5) is 0. The van der Waals surface area contributed by atoms with Crippen LogP contribution in [0.5, 0.6) is 0 Å². The number of benzene rings is 1. The Labute approximate surface area is 99.9 Å². The van der Waals surface area contributed by atoms with Gasteiger partial charge in [0.25, 0.3) is 0 Å². The molecule has 2 nitrogen and oxygen atoms in total. The Balaban J connectivity index is 2.63. The molecule has 1 aromatic carbocycles. The monoisotopic (exact) mass is 258 g/mol. The van der Waals surface area contributed by atoms with Crippen molar-refractivity contribution in [1.29, 1.82) is 0 Å². The summed E-state index contributed by atoms with van der Waals surface area (Å²) < 4.78 is 26.1. The zero-order chi connectivity index (χ0) is 11.7. The SMILES string of the molecule is Fc1ccc(-c2cc(Cl)n[nH]c2=S)cc1F. The van der Waals surface area contributed by atoms with E-state index in [9.17, 15) is 8.78 Å². The molecule has 1 heterocycles. The highest BCUT2D eigenvalue weighted by molar-refractivity contribution is 7.71. The molecule has 0 fully saturated rings. The Morgan fingerprint density at radius 3 is 2.62 bits per heavy atom. The number of aromatic amines is 1. The number of aromatic nitrogens is 2. The molecule has 0 spiro atoms. The summed E-state index contributed by atoms with van der Waals surface area (Å²) in [6.07, 6.45) is 0. The third kappa shape index (κ3) is 2.10. The van der Waals surface area contributed by atoms with Crippen LogP contribution in [0.2, 0.25) is 5.15 Å². The van der Waals surface area contributed by atoms with Gasteiger partial charge >= 0.3 is 0 Å². The van der Waals surface area contributed by atoms with Gasteiger partial charge in [0.15, 0.2) is 11.6 Å². The van der Waals surface area contributed by atoms with Gasteiger partial charge in [-0.15, -0.1) is 0 Å². The molecule has 0 radical (unpaired) electrons. The molecule has 0 amide bonds. The molecule has 0 aliphatic heterocycles. The van der Waals surface area contributed by atoms with Gasteiger partial charge in [-0.1, -0.05) is 29.9 Å². The second kappa shape index (κ2) is 4.27. The molecule has 0 saturated heterocycles. The van der Waals surface area contributed by atoms with E-state index >= 15 is 0 Å². The van der Waals surface area contributed by atoms with Gasteiger partial charge in [-0.05, 0) is 23.8 Å². The van der Waals surface area contributed by atoms with E-state index in [1.807, 2.05) is 0 Å². The molecule has 2 rings (SSSR count). The first-order chi connectivity index (χ1) is 7.58. The summed E-state index contributed by atoms with van der Waals surface area (Å²) in [6.45, 7) is 0. The first kappa shape index (κ1) is 11.2. The number of rotatable bonds is 1. The molecule has 0 saturated carbocycles. The standard InChI is InChI=1S/C10H5ClF2N2S/c11-9-4-6(10(16)15-14-9)5-1-2-7(12)8(13)3-5/h1-4H,(H,15,16). The Hall–Kier alpha value is -1.33. The Morgan fingerprint density at radius 1 is 1.19 bits per heavy atom. The molecular weight excluding hydrogens is 254 g/mol. The quantitative estimate of drug-likeness (QED) is 0.790. The van der Waals surface area contributed by atoms with Crippen LogP contribution in [0.1, 0.15) is 0 Å². The molecule has 2 aromatic rings. The van der Waals surface area contributed by atoms with Gasteiger partial charge < -0.3 is 0 Å². The maximum absolute atomic E-state index is 13.0. The normalized spacial score (nSPS) is 10.4. The average Bonchev–Trinajstić information content (AvgIpc) is 2.26. The van der Waals surface area contributed by atoms with Crippen molar-refractivity contribution in [2.24, 2.45) is 0 Å². The van der Waals surface area contributed by atoms with E-state index in [0.717, 1.165) is 12.1 Å². The van der Waals surface area contributed by atoms with Crippen molar-refractivity contribution in [2.45, 2.75) is 0 Å². The average molecular weight is 259 g/mol. The maximum Gasteiger partial charge on any atom is 0.159 e. The molecular formula is C10H5ClF2N2S. The van der Waals surface area contributed by atoms with Crippen LogP contribution in [-0.2, 0) is 0 Å². The summed E-state index contributed by atoms with van der Waals surface area (Å²) in [5.74, 6) is -1.83. The van der Waals surface area contributed by atoms with Crippen molar-refractivity contribution >= 4 is 23.8 Å². The third-order valence-electron chi connectivity index (χ3n) is 2.00. The topological polar surface area (TPSA) is 28.7 Å². The summed E-state index contributed by atoms with van der Waals surface area (Å²) in [7, 11) is 0. The van der Waals surface area contributed by atoms with Crippen LogP contribution in [0.25, 0.3) is 11.1 Å². The minimum atomic E-state index is -0.931. The fourth-order valence-corrected chi connectivity index (χ4v) is 1.63. The van der Waals surface area contributed by atoms with E-state index in [1.54, 1.807) is 0 Å². The number of H-pyrrole nitrogens is 1. The van der Waals surface area contributed by atoms with Crippen LogP contribution in [0, 0.1) is 16.3 Å². The maximum atomic E-state index is 13.0. The van der Waals surface area contributed by atoms with Gasteiger partial charge in [-0.2, -0.15) is 5.10 Å². The Bertz CT molecular complexity index is 598. The lowest BCUT2D eigenvalue weighted by atomic mass is 10.1. The van der Waals surface area contributed by atoms with Crippen LogP contribution in [-0.4, -0.2) is 10.2 Å². The van der Waals surface area contributed by atoms with Gasteiger partial charge in [0.1, 0.15) is 9.79 Å². The highest BCUT2D eigenvalue weighted by Gasteiger charge is 2.07. The number of hydrogen-bond donors (Lipinski definition) is 1. The Kier molecular flexibility index (Phi) is 2.98. The van der Waals surface area contributed by atoms with Gasteiger partial charge in [-0.3, -0.25) is 5.10 Å². The zero-order valence-electron chi connectivity index (χ0n) is 7.80. The van der Waals surface area contributed by atoms with Crippen molar-refractivity contribution in [2.75, 3.05) is 0 Å². The van der Waals surface area contributed by atoms with Crippen LogP contribution < -0.4 is 0 Å². The minimum absolute atomic E-state index is 0.202. The molecule has 1 N–H and O–H groups in total. The minimum Gasteiger partial charge on any atom is -0.266 e. The predicted molar refractivity (Wildman–Crippen MR) is 59.8 cm³/mol. The second-order valence-corrected chi connectivity index (χ2v) is 3.86. The predicted octanol–water partition coefficient (Wildman–Crippen LogP) is 3.74. The molecule has 0 aliphatic rings. The van der Waals surface area contributed by atoms with Crippen molar-refractivity contribution in [3.05, 3.63) is 45.7 Å². The highest BCUT2D eigenvalue weighted by atomic mass is 35.5. The van der Waals surface area contributed by atoms with E-state index in [0.29, 0.717) is 15.8 Å². The highest BCUT2D eigenvalue weighted by Crippen LogP contribution is 2.23. The fourth-order valence-electron chi connectivity index (χ4n) is 1.26. The smallest absolute Gasteiger partial charge is 0.159 e. The van der Waals surface area contributed by atoms with Gasteiger partial charge in [-0.25, -0.2) is 8.78 Å². The molecule has 0 atom stereocenters. The zero-order valence-corrected chi connectivity index (χ0v) is 9.37. The largest absolute Gasteiger partial charge is 0.266 e. The molecule has 82 valence electrons. The lowest BCUT2D eigenvalue weighted by Crippen LogP contribution is -1.90. The van der Waals surface area contributed by atoms with Gasteiger partial charge in [0.2, 0.25) is 0 Å². The van der Waals surface area contributed by atoms with Crippen molar-refractivity contribution < 1.29 is 8.78 Å². The number of hydrogen-bond acceptors (Lipinski definition) is 2. The van der Waals surface area contributed by atoms with E-state index < -0.39 is 11.6 Å². The van der Waals surface area contributed by atoms with E-state index in [4.69, 9.17) is 23.8 Å². The molecule has 6 heteroatoms. The summed E-state index contributed by atoms with van der Waals surface area (Å²) in [6, 6.07) is 5.01. The number of nitrogens with zero attached hydrogens (tertiary/aromatic N) is 1. The van der Waals surface area contributed by atoms with Gasteiger partial charge in [0, 0.05) is 5.56 Å². The van der Waals surface area contributed by atoms with Crippen LogP contribution in [0.3, 0.4) is 0 Å². The number of halogens is 3. The third-order valence-corrected chi connectivity index (χ3v) is 2.51. The lowest BCUT2D eigenvalue weighted by molar-refractivity contribution is 0.509. The fraction of sp³-hybridized carbons (Fsp3) is 0. The second-order valence-electron chi connectivity index (χ2n) is 3.06. The molecule has 16 heavy (non-hydrogen) atoms. The first-order valence-electron chi connectivity index (χ1n) is 4.28. The van der Waals surface area contributed by atoms with E-state index in [2.05, 4.69) is 10.2 Å². The van der Waals surface area contributed by atoms with Crippen LogP contribution >= 0.6 is 23.8 Å². The summed E-state index contributed by atoms with van der Waals surface area (Å²) in [5.41, 5.74) is 0.957. The molecule has 0 bridgehead atoms. The summed E-state index contributed by atoms with van der Waals surface area (Å²) >= 11 is 10.7. The van der Waals surface area contributed by atoms with Crippen LogP contribution in [0.4, 0.5) is 8.78 Å². The van der Waals surface area contributed by atoms with Gasteiger partial charge in [0.05, 0.1) is 0 Å². The molecule has 0 aliphatic carbocycles. The first-order valence-corrected chi connectivity index (χ1v) is 5.07.